The normalized spacial score (nSPS) is 11.0. The number of amides is 1. The monoisotopic (exact) mass is 630 g/mol. The molecule has 0 aromatic heterocycles. The van der Waals surface area contributed by atoms with E-state index < -0.39 is 22.5 Å². The van der Waals surface area contributed by atoms with Crippen LogP contribution in [0.15, 0.2) is 59.5 Å². The lowest BCUT2D eigenvalue weighted by Crippen LogP contribution is -2.38. The van der Waals surface area contributed by atoms with Crippen LogP contribution in [-0.4, -0.2) is 42.2 Å². The molecular formula is C24H24ClIN2O6S. The highest BCUT2D eigenvalue weighted by Crippen LogP contribution is 2.37. The van der Waals surface area contributed by atoms with Gasteiger partial charge in [-0.15, -0.1) is 0 Å². The topological polar surface area (TPSA) is 94.2 Å². The van der Waals surface area contributed by atoms with Gasteiger partial charge in [-0.2, -0.15) is 0 Å². The first-order chi connectivity index (χ1) is 16.6. The van der Waals surface area contributed by atoms with Crippen LogP contribution in [0.5, 0.6) is 17.2 Å². The lowest BCUT2D eigenvalue weighted by Gasteiger charge is -2.26. The summed E-state index contributed by atoms with van der Waals surface area (Å²) in [5.41, 5.74) is 1.54. The zero-order chi connectivity index (χ0) is 25.8. The molecule has 1 amide bonds. The fourth-order valence-electron chi connectivity index (χ4n) is 3.35. The molecule has 11 heteroatoms. The summed E-state index contributed by atoms with van der Waals surface area (Å²) in [6.45, 7) is 1.33. The van der Waals surface area contributed by atoms with Crippen LogP contribution < -0.4 is 23.8 Å². The van der Waals surface area contributed by atoms with Crippen LogP contribution in [0.2, 0.25) is 5.02 Å². The molecule has 0 radical (unpaired) electrons. The van der Waals surface area contributed by atoms with Gasteiger partial charge in [-0.3, -0.25) is 9.10 Å². The Morgan fingerprint density at radius 1 is 0.943 bits per heavy atom. The van der Waals surface area contributed by atoms with Crippen LogP contribution in [0.25, 0.3) is 0 Å². The van der Waals surface area contributed by atoms with E-state index in [0.29, 0.717) is 11.4 Å². The fraction of sp³-hybridized carbons (Fsp3) is 0.208. The zero-order valence-corrected chi connectivity index (χ0v) is 23.2. The molecule has 0 aliphatic heterocycles. The Hall–Kier alpha value is -2.70. The number of rotatable bonds is 9. The van der Waals surface area contributed by atoms with E-state index in [4.69, 9.17) is 25.8 Å². The number of methoxy groups -OCH3 is 3. The molecular weight excluding hydrogens is 607 g/mol. The number of nitrogens with zero attached hydrogens (tertiary/aromatic N) is 1. The van der Waals surface area contributed by atoms with Gasteiger partial charge in [0.2, 0.25) is 5.91 Å². The van der Waals surface area contributed by atoms with Crippen LogP contribution in [0.3, 0.4) is 0 Å². The molecule has 0 heterocycles. The molecule has 0 saturated heterocycles. The van der Waals surface area contributed by atoms with Crippen molar-refractivity contribution in [3.8, 4) is 17.2 Å². The third kappa shape index (κ3) is 6.11. The standard InChI is InChI=1S/C24H24ClIN2O6S/c1-15-11-17(26)6-8-19(15)27-24(29)14-28(20-12-16(25)5-9-21(20)32-2)35(30,31)18-7-10-22(33-3)23(13-18)34-4/h5-13H,14H2,1-4H3,(H,27,29). The van der Waals surface area contributed by atoms with Gasteiger partial charge in [0.25, 0.3) is 10.0 Å². The number of halogens is 2. The van der Waals surface area contributed by atoms with Crippen molar-refractivity contribution < 1.29 is 27.4 Å². The van der Waals surface area contributed by atoms with Gasteiger partial charge >= 0.3 is 0 Å². The molecule has 1 N–H and O–H groups in total. The second-order valence-electron chi connectivity index (χ2n) is 7.35. The Bertz CT molecular complexity index is 1350. The molecule has 8 nitrogen and oxygen atoms in total. The van der Waals surface area contributed by atoms with E-state index in [1.165, 1.54) is 51.7 Å². The summed E-state index contributed by atoms with van der Waals surface area (Å²) in [6, 6.07) is 14.3. The number of aryl methyl sites for hydroxylation is 1. The number of benzene rings is 3. The minimum atomic E-state index is -4.27. The van der Waals surface area contributed by atoms with E-state index in [2.05, 4.69) is 27.9 Å². The van der Waals surface area contributed by atoms with Crippen molar-refractivity contribution in [1.82, 2.24) is 0 Å². The lowest BCUT2D eigenvalue weighted by molar-refractivity contribution is -0.114. The molecule has 3 aromatic carbocycles. The summed E-state index contributed by atoms with van der Waals surface area (Å²) in [5.74, 6) is 0.285. The molecule has 3 aromatic rings. The van der Waals surface area contributed by atoms with Gasteiger partial charge in [0.1, 0.15) is 12.3 Å². The summed E-state index contributed by atoms with van der Waals surface area (Å²) < 4.78 is 45.5. The Morgan fingerprint density at radius 3 is 2.23 bits per heavy atom. The number of hydrogen-bond acceptors (Lipinski definition) is 6. The van der Waals surface area contributed by atoms with E-state index >= 15 is 0 Å². The molecule has 0 unspecified atom stereocenters. The van der Waals surface area contributed by atoms with Crippen LogP contribution in [0.4, 0.5) is 11.4 Å². The predicted molar refractivity (Wildman–Crippen MR) is 145 cm³/mol. The largest absolute Gasteiger partial charge is 0.495 e. The van der Waals surface area contributed by atoms with Crippen molar-refractivity contribution in [3.05, 3.63) is 68.8 Å². The minimum absolute atomic E-state index is 0.101. The van der Waals surface area contributed by atoms with E-state index in [-0.39, 0.29) is 27.1 Å². The smallest absolute Gasteiger partial charge is 0.265 e. The Morgan fingerprint density at radius 2 is 1.60 bits per heavy atom. The summed E-state index contributed by atoms with van der Waals surface area (Å²) in [6.07, 6.45) is 0. The van der Waals surface area contributed by atoms with Crippen LogP contribution in [0, 0.1) is 10.5 Å². The number of nitrogens with one attached hydrogen (secondary N) is 1. The van der Waals surface area contributed by atoms with Crippen LogP contribution in [-0.2, 0) is 14.8 Å². The van der Waals surface area contributed by atoms with Crippen LogP contribution in [0.1, 0.15) is 5.56 Å². The second kappa shape index (κ2) is 11.4. The van der Waals surface area contributed by atoms with Gasteiger partial charge < -0.3 is 19.5 Å². The summed E-state index contributed by atoms with van der Waals surface area (Å²) in [4.78, 5) is 13.0. The summed E-state index contributed by atoms with van der Waals surface area (Å²) in [5, 5.41) is 3.07. The van der Waals surface area contributed by atoms with E-state index in [1.807, 2.05) is 19.1 Å². The van der Waals surface area contributed by atoms with Gasteiger partial charge in [0, 0.05) is 20.3 Å². The maximum Gasteiger partial charge on any atom is 0.265 e. The highest BCUT2D eigenvalue weighted by molar-refractivity contribution is 14.1. The number of anilines is 2. The Kier molecular flexibility index (Phi) is 8.73. The lowest BCUT2D eigenvalue weighted by atomic mass is 10.2. The van der Waals surface area contributed by atoms with Crippen molar-refractivity contribution in [1.29, 1.82) is 0 Å². The fourth-order valence-corrected chi connectivity index (χ4v) is 5.60. The maximum atomic E-state index is 13.8. The molecule has 0 aliphatic rings. The number of ether oxygens (including phenoxy) is 3. The first-order valence-electron chi connectivity index (χ1n) is 10.2. The highest BCUT2D eigenvalue weighted by atomic mass is 127. The van der Waals surface area contributed by atoms with Crippen molar-refractivity contribution in [3.63, 3.8) is 0 Å². The predicted octanol–water partition coefficient (Wildman–Crippen LogP) is 5.11. The van der Waals surface area contributed by atoms with E-state index in [0.717, 1.165) is 13.4 Å². The molecule has 0 spiro atoms. The van der Waals surface area contributed by atoms with Crippen molar-refractivity contribution in [2.75, 3.05) is 37.5 Å². The molecule has 0 saturated carbocycles. The minimum Gasteiger partial charge on any atom is -0.495 e. The average molecular weight is 631 g/mol. The molecule has 3 rings (SSSR count). The number of sulfonamides is 1. The Balaban J connectivity index is 2.08. The van der Waals surface area contributed by atoms with Gasteiger partial charge in [-0.25, -0.2) is 8.42 Å². The maximum absolute atomic E-state index is 13.8. The summed E-state index contributed by atoms with van der Waals surface area (Å²) >= 11 is 8.36. The molecule has 0 aliphatic carbocycles. The molecule has 0 fully saturated rings. The van der Waals surface area contributed by atoms with E-state index in [1.54, 1.807) is 12.1 Å². The summed E-state index contributed by atoms with van der Waals surface area (Å²) in [7, 11) is -0.00634. The SMILES string of the molecule is COc1ccc(S(=O)(=O)N(CC(=O)Nc2ccc(I)cc2C)c2cc(Cl)ccc2OC)cc1OC. The number of carbonyl (C=O) groups is 1. The number of hydrogen-bond donors (Lipinski definition) is 1. The van der Waals surface area contributed by atoms with Crippen molar-refractivity contribution in [2.45, 2.75) is 11.8 Å². The van der Waals surface area contributed by atoms with Gasteiger partial charge in [0.15, 0.2) is 11.5 Å². The number of carbonyl (C=O) groups excluding carboxylic acids is 1. The molecule has 0 bridgehead atoms. The third-order valence-electron chi connectivity index (χ3n) is 5.10. The van der Waals surface area contributed by atoms with Crippen molar-refractivity contribution in [2.24, 2.45) is 0 Å². The molecule has 186 valence electrons. The first-order valence-corrected chi connectivity index (χ1v) is 13.1. The zero-order valence-electron chi connectivity index (χ0n) is 19.5. The van der Waals surface area contributed by atoms with Crippen molar-refractivity contribution >= 4 is 61.5 Å². The quantitative estimate of drug-likeness (QED) is 0.330. The third-order valence-corrected chi connectivity index (χ3v) is 7.76. The Labute approximate surface area is 223 Å². The van der Waals surface area contributed by atoms with Gasteiger partial charge in [-0.05, 0) is 83.6 Å². The van der Waals surface area contributed by atoms with Gasteiger partial charge in [0.05, 0.1) is 31.9 Å². The first kappa shape index (κ1) is 26.9. The van der Waals surface area contributed by atoms with Crippen LogP contribution >= 0.6 is 34.2 Å². The van der Waals surface area contributed by atoms with Gasteiger partial charge in [-0.1, -0.05) is 11.6 Å². The van der Waals surface area contributed by atoms with E-state index in [9.17, 15) is 13.2 Å². The average Bonchev–Trinajstić information content (AvgIpc) is 2.83. The molecule has 35 heavy (non-hydrogen) atoms. The highest BCUT2D eigenvalue weighted by Gasteiger charge is 2.31. The second-order valence-corrected chi connectivity index (χ2v) is 10.9. The molecule has 0 atom stereocenters.